The molecule has 2 aromatic rings. The van der Waals surface area contributed by atoms with E-state index in [1.807, 2.05) is 44.7 Å². The maximum atomic E-state index is 12.8. The molecule has 3 rings (SSSR count). The summed E-state index contributed by atoms with van der Waals surface area (Å²) in [5, 5.41) is 0.936. The number of rotatable bonds is 3. The van der Waals surface area contributed by atoms with Crippen LogP contribution in [0.5, 0.6) is 11.5 Å². The summed E-state index contributed by atoms with van der Waals surface area (Å²) >= 11 is 0. The van der Waals surface area contributed by atoms with Crippen LogP contribution in [0.15, 0.2) is 12.1 Å². The van der Waals surface area contributed by atoms with Gasteiger partial charge in [0.1, 0.15) is 0 Å². The van der Waals surface area contributed by atoms with Gasteiger partial charge in [-0.15, -0.1) is 12.4 Å². The molecule has 1 aliphatic rings. The molecule has 1 aromatic heterocycles. The molecule has 0 saturated carbocycles. The number of hydrogen-bond acceptors (Lipinski definition) is 4. The third-order valence-electron chi connectivity index (χ3n) is 4.18. The summed E-state index contributed by atoms with van der Waals surface area (Å²) in [7, 11) is 0. The molecular formula is C17H21ClN2O3. The summed E-state index contributed by atoms with van der Waals surface area (Å²) in [5.41, 5.74) is 3.21. The van der Waals surface area contributed by atoms with Crippen LogP contribution in [-0.2, 0) is 0 Å². The third-order valence-corrected chi connectivity index (χ3v) is 4.18. The number of halogens is 1. The van der Waals surface area contributed by atoms with Gasteiger partial charge in [0, 0.05) is 24.5 Å². The summed E-state index contributed by atoms with van der Waals surface area (Å²) in [5.74, 6) is 1.45. The Kier molecular flexibility index (Phi) is 5.00. The van der Waals surface area contributed by atoms with E-state index in [0.717, 1.165) is 22.2 Å². The molecule has 0 atom stereocenters. The van der Waals surface area contributed by atoms with Crippen LogP contribution in [0.2, 0.25) is 0 Å². The largest absolute Gasteiger partial charge is 0.454 e. The lowest BCUT2D eigenvalue weighted by atomic mass is 10.0. The first-order valence-electron chi connectivity index (χ1n) is 7.56. The van der Waals surface area contributed by atoms with Gasteiger partial charge in [-0.05, 0) is 39.3 Å². The molecule has 23 heavy (non-hydrogen) atoms. The Hall–Kier alpha value is -2.01. The van der Waals surface area contributed by atoms with Gasteiger partial charge in [0.05, 0.1) is 16.8 Å². The predicted octanol–water partition coefficient (Wildman–Crippen LogP) is 3.48. The van der Waals surface area contributed by atoms with Crippen molar-refractivity contribution in [2.45, 2.75) is 27.7 Å². The molecule has 6 heteroatoms. The summed E-state index contributed by atoms with van der Waals surface area (Å²) in [6, 6.07) is 3.79. The zero-order valence-electron chi connectivity index (χ0n) is 13.8. The van der Waals surface area contributed by atoms with E-state index >= 15 is 0 Å². The van der Waals surface area contributed by atoms with Crippen LogP contribution in [0, 0.1) is 13.8 Å². The summed E-state index contributed by atoms with van der Waals surface area (Å²) in [4.78, 5) is 19.2. The molecule has 0 N–H and O–H groups in total. The molecule has 0 unspecified atom stereocenters. The quantitative estimate of drug-likeness (QED) is 0.861. The molecule has 0 bridgehead atoms. The van der Waals surface area contributed by atoms with E-state index in [4.69, 9.17) is 9.47 Å². The molecule has 1 amide bonds. The van der Waals surface area contributed by atoms with Crippen molar-refractivity contribution in [1.29, 1.82) is 0 Å². The molecule has 0 aliphatic carbocycles. The van der Waals surface area contributed by atoms with E-state index in [2.05, 4.69) is 4.98 Å². The lowest BCUT2D eigenvalue weighted by Gasteiger charge is -2.21. The molecule has 124 valence electrons. The second-order valence-corrected chi connectivity index (χ2v) is 5.40. The van der Waals surface area contributed by atoms with Crippen LogP contribution < -0.4 is 9.47 Å². The SMILES string of the molecule is CCN(CC)C(=O)c1c(C)nc2cc3c(cc2c1C)OCO3.Cl. The fraction of sp³-hybridized carbons (Fsp3) is 0.412. The lowest BCUT2D eigenvalue weighted by Crippen LogP contribution is -2.31. The zero-order valence-corrected chi connectivity index (χ0v) is 14.6. The van der Waals surface area contributed by atoms with Crippen molar-refractivity contribution in [1.82, 2.24) is 9.88 Å². The van der Waals surface area contributed by atoms with Crippen molar-refractivity contribution in [3.8, 4) is 11.5 Å². The van der Waals surface area contributed by atoms with Gasteiger partial charge in [-0.2, -0.15) is 0 Å². The van der Waals surface area contributed by atoms with Crippen molar-refractivity contribution in [2.75, 3.05) is 19.9 Å². The number of pyridine rings is 1. The van der Waals surface area contributed by atoms with E-state index in [1.54, 1.807) is 0 Å². The number of benzene rings is 1. The van der Waals surface area contributed by atoms with Crippen LogP contribution >= 0.6 is 12.4 Å². The number of fused-ring (bicyclic) bond motifs is 2. The molecule has 0 saturated heterocycles. The fourth-order valence-corrected chi connectivity index (χ4v) is 2.95. The summed E-state index contributed by atoms with van der Waals surface area (Å²) in [6.07, 6.45) is 0. The van der Waals surface area contributed by atoms with Gasteiger partial charge >= 0.3 is 0 Å². The Labute approximate surface area is 142 Å². The maximum Gasteiger partial charge on any atom is 0.255 e. The van der Waals surface area contributed by atoms with Crippen LogP contribution in [0.4, 0.5) is 0 Å². The Bertz CT molecular complexity index is 757. The topological polar surface area (TPSA) is 51.7 Å². The van der Waals surface area contributed by atoms with Crippen molar-refractivity contribution in [2.24, 2.45) is 0 Å². The molecular weight excluding hydrogens is 316 g/mol. The minimum absolute atomic E-state index is 0. The Morgan fingerprint density at radius 1 is 1.17 bits per heavy atom. The number of ether oxygens (including phenoxy) is 2. The first kappa shape index (κ1) is 17.3. The molecule has 0 spiro atoms. The highest BCUT2D eigenvalue weighted by Gasteiger charge is 2.22. The Balaban J connectivity index is 0.00000192. The molecule has 5 nitrogen and oxygen atoms in total. The van der Waals surface area contributed by atoms with Crippen LogP contribution in [0.25, 0.3) is 10.9 Å². The van der Waals surface area contributed by atoms with E-state index < -0.39 is 0 Å². The Morgan fingerprint density at radius 2 is 1.78 bits per heavy atom. The molecule has 0 fully saturated rings. The number of hydrogen-bond donors (Lipinski definition) is 0. The maximum absolute atomic E-state index is 12.8. The van der Waals surface area contributed by atoms with Gasteiger partial charge in [0.15, 0.2) is 11.5 Å². The standard InChI is InChI=1S/C17H20N2O3.ClH/c1-5-19(6-2)17(20)16-10(3)12-7-14-15(22-9-21-14)8-13(12)18-11(16)4;/h7-8H,5-6,9H2,1-4H3;1H. The number of carbonyl (C=O) groups excluding carboxylic acids is 1. The van der Waals surface area contributed by atoms with E-state index in [0.29, 0.717) is 30.2 Å². The Morgan fingerprint density at radius 3 is 2.39 bits per heavy atom. The minimum atomic E-state index is 0. The number of amides is 1. The minimum Gasteiger partial charge on any atom is -0.454 e. The predicted molar refractivity (Wildman–Crippen MR) is 91.8 cm³/mol. The van der Waals surface area contributed by atoms with Gasteiger partial charge in [-0.3, -0.25) is 9.78 Å². The normalized spacial score (nSPS) is 12.2. The average molecular weight is 337 g/mol. The van der Waals surface area contributed by atoms with Crippen molar-refractivity contribution in [3.63, 3.8) is 0 Å². The average Bonchev–Trinajstić information content (AvgIpc) is 2.94. The van der Waals surface area contributed by atoms with E-state index in [-0.39, 0.29) is 25.1 Å². The van der Waals surface area contributed by atoms with Gasteiger partial charge in [0.2, 0.25) is 6.79 Å². The second kappa shape index (κ2) is 6.62. The van der Waals surface area contributed by atoms with Gasteiger partial charge in [0.25, 0.3) is 5.91 Å². The van der Waals surface area contributed by atoms with Crippen molar-refractivity contribution in [3.05, 3.63) is 29.0 Å². The number of nitrogens with zero attached hydrogens (tertiary/aromatic N) is 2. The molecule has 2 heterocycles. The number of aryl methyl sites for hydroxylation is 2. The number of aromatic nitrogens is 1. The van der Waals surface area contributed by atoms with Crippen LogP contribution in [0.3, 0.4) is 0 Å². The fourth-order valence-electron chi connectivity index (χ4n) is 2.95. The van der Waals surface area contributed by atoms with Gasteiger partial charge in [-0.25, -0.2) is 0 Å². The van der Waals surface area contributed by atoms with Crippen LogP contribution in [0.1, 0.15) is 35.5 Å². The van der Waals surface area contributed by atoms with Crippen molar-refractivity contribution >= 4 is 29.2 Å². The molecule has 1 aromatic carbocycles. The highest BCUT2D eigenvalue weighted by molar-refractivity contribution is 6.01. The number of carbonyl (C=O) groups is 1. The highest BCUT2D eigenvalue weighted by atomic mass is 35.5. The third kappa shape index (κ3) is 2.81. The monoisotopic (exact) mass is 336 g/mol. The lowest BCUT2D eigenvalue weighted by molar-refractivity contribution is 0.0771. The summed E-state index contributed by atoms with van der Waals surface area (Å²) in [6.45, 7) is 9.43. The van der Waals surface area contributed by atoms with Gasteiger partial charge in [-0.1, -0.05) is 0 Å². The van der Waals surface area contributed by atoms with E-state index in [1.165, 1.54) is 0 Å². The van der Waals surface area contributed by atoms with E-state index in [9.17, 15) is 4.79 Å². The zero-order chi connectivity index (χ0) is 15.9. The smallest absolute Gasteiger partial charge is 0.255 e. The summed E-state index contributed by atoms with van der Waals surface area (Å²) < 4.78 is 10.8. The van der Waals surface area contributed by atoms with Crippen LogP contribution in [-0.4, -0.2) is 35.7 Å². The first-order chi connectivity index (χ1) is 10.6. The highest BCUT2D eigenvalue weighted by Crippen LogP contribution is 2.37. The van der Waals surface area contributed by atoms with Crippen molar-refractivity contribution < 1.29 is 14.3 Å². The molecule has 0 radical (unpaired) electrons. The van der Waals surface area contributed by atoms with Gasteiger partial charge < -0.3 is 14.4 Å². The molecule has 1 aliphatic heterocycles. The first-order valence-corrected chi connectivity index (χ1v) is 7.56. The second-order valence-electron chi connectivity index (χ2n) is 5.40.